The second-order valence-electron chi connectivity index (χ2n) is 4.63. The monoisotopic (exact) mass is 220 g/mol. The molecule has 0 spiro atoms. The van der Waals surface area contributed by atoms with Gasteiger partial charge in [-0.05, 0) is 25.7 Å². The predicted molar refractivity (Wildman–Crippen MR) is 62.3 cm³/mol. The summed E-state index contributed by atoms with van der Waals surface area (Å²) in [6.07, 6.45) is 4.82. The SMILES string of the molecule is C1CCC2=C(C1)[N]C(CN1CCOCC1)=N2. The third-order valence-electron chi connectivity index (χ3n) is 3.41. The molecule has 0 aromatic rings. The molecule has 1 fully saturated rings. The van der Waals surface area contributed by atoms with Crippen molar-refractivity contribution in [1.82, 2.24) is 10.2 Å². The number of allylic oxidation sites excluding steroid dienone is 2. The third-order valence-corrected chi connectivity index (χ3v) is 3.41. The lowest BCUT2D eigenvalue weighted by atomic mass is 10.0. The van der Waals surface area contributed by atoms with E-state index in [4.69, 9.17) is 4.74 Å². The Kier molecular flexibility index (Phi) is 2.93. The van der Waals surface area contributed by atoms with Gasteiger partial charge in [-0.3, -0.25) is 4.90 Å². The van der Waals surface area contributed by atoms with Gasteiger partial charge in [-0.1, -0.05) is 0 Å². The summed E-state index contributed by atoms with van der Waals surface area (Å²) in [6.45, 7) is 4.62. The lowest BCUT2D eigenvalue weighted by Gasteiger charge is -2.26. The van der Waals surface area contributed by atoms with Crippen LogP contribution in [0, 0.1) is 0 Å². The van der Waals surface area contributed by atoms with Crippen molar-refractivity contribution in [1.29, 1.82) is 0 Å². The molecule has 0 aromatic carbocycles. The van der Waals surface area contributed by atoms with E-state index >= 15 is 0 Å². The van der Waals surface area contributed by atoms with Crippen LogP contribution in [0.1, 0.15) is 25.7 Å². The molecule has 1 aliphatic carbocycles. The summed E-state index contributed by atoms with van der Waals surface area (Å²) in [5.74, 6) is 1.02. The number of hydrogen-bond acceptors (Lipinski definition) is 3. The summed E-state index contributed by atoms with van der Waals surface area (Å²) in [4.78, 5) is 7.03. The van der Waals surface area contributed by atoms with E-state index in [1.807, 2.05) is 0 Å². The van der Waals surface area contributed by atoms with E-state index in [0.29, 0.717) is 0 Å². The van der Waals surface area contributed by atoms with Crippen molar-refractivity contribution in [2.24, 2.45) is 4.99 Å². The molecule has 16 heavy (non-hydrogen) atoms. The Morgan fingerprint density at radius 2 is 1.81 bits per heavy atom. The Labute approximate surface area is 96.4 Å². The van der Waals surface area contributed by atoms with Crippen LogP contribution in [0.3, 0.4) is 0 Å². The Balaban J connectivity index is 1.57. The van der Waals surface area contributed by atoms with E-state index in [-0.39, 0.29) is 0 Å². The minimum absolute atomic E-state index is 0.848. The number of hydrogen-bond donors (Lipinski definition) is 0. The zero-order valence-corrected chi connectivity index (χ0v) is 9.61. The van der Waals surface area contributed by atoms with Crippen molar-refractivity contribution in [3.63, 3.8) is 0 Å². The van der Waals surface area contributed by atoms with Crippen molar-refractivity contribution in [3.05, 3.63) is 11.4 Å². The molecule has 87 valence electrons. The average molecular weight is 220 g/mol. The van der Waals surface area contributed by atoms with Gasteiger partial charge in [0.25, 0.3) is 0 Å². The molecule has 1 radical (unpaired) electrons. The maximum atomic E-state index is 5.34. The van der Waals surface area contributed by atoms with Crippen LogP contribution in [-0.2, 0) is 4.74 Å². The molecule has 0 saturated carbocycles. The molecule has 0 amide bonds. The minimum Gasteiger partial charge on any atom is -0.379 e. The van der Waals surface area contributed by atoms with Crippen LogP contribution in [0.2, 0.25) is 0 Å². The summed E-state index contributed by atoms with van der Waals surface area (Å²) in [5.41, 5.74) is 2.52. The molecule has 4 heteroatoms. The van der Waals surface area contributed by atoms with Gasteiger partial charge < -0.3 is 4.74 Å². The summed E-state index contributed by atoms with van der Waals surface area (Å²) >= 11 is 0. The van der Waals surface area contributed by atoms with Crippen LogP contribution in [0.4, 0.5) is 0 Å². The van der Waals surface area contributed by atoms with Crippen LogP contribution in [0.25, 0.3) is 0 Å². The minimum atomic E-state index is 0.848. The van der Waals surface area contributed by atoms with E-state index in [1.165, 1.54) is 24.2 Å². The molecule has 4 nitrogen and oxygen atoms in total. The van der Waals surface area contributed by atoms with Gasteiger partial charge in [-0.2, -0.15) is 0 Å². The van der Waals surface area contributed by atoms with E-state index in [9.17, 15) is 0 Å². The highest BCUT2D eigenvalue weighted by atomic mass is 16.5. The van der Waals surface area contributed by atoms with Gasteiger partial charge >= 0.3 is 0 Å². The molecule has 0 aromatic heterocycles. The van der Waals surface area contributed by atoms with Crippen molar-refractivity contribution >= 4 is 5.84 Å². The van der Waals surface area contributed by atoms with Gasteiger partial charge in [0.1, 0.15) is 5.84 Å². The third kappa shape index (κ3) is 2.13. The maximum absolute atomic E-state index is 5.34. The number of rotatable bonds is 2. The summed E-state index contributed by atoms with van der Waals surface area (Å²) in [5, 5.41) is 4.65. The molecule has 0 atom stereocenters. The number of aliphatic imine (C=N–C) groups is 1. The van der Waals surface area contributed by atoms with Crippen LogP contribution < -0.4 is 5.32 Å². The smallest absolute Gasteiger partial charge is 0.142 e. The zero-order chi connectivity index (χ0) is 10.8. The van der Waals surface area contributed by atoms with Crippen LogP contribution in [0.5, 0.6) is 0 Å². The summed E-state index contributed by atoms with van der Waals surface area (Å²) < 4.78 is 5.34. The molecule has 2 aliphatic heterocycles. The molecular formula is C12H18N3O. The second-order valence-corrected chi connectivity index (χ2v) is 4.63. The topological polar surface area (TPSA) is 38.9 Å². The molecule has 0 unspecified atom stereocenters. The Morgan fingerprint density at radius 1 is 1.06 bits per heavy atom. The lowest BCUT2D eigenvalue weighted by molar-refractivity contribution is 0.0450. The van der Waals surface area contributed by atoms with Gasteiger partial charge in [0.15, 0.2) is 0 Å². The van der Waals surface area contributed by atoms with Gasteiger partial charge in [0.05, 0.1) is 31.2 Å². The number of amidine groups is 1. The maximum Gasteiger partial charge on any atom is 0.142 e. The van der Waals surface area contributed by atoms with Gasteiger partial charge in [-0.25, -0.2) is 10.3 Å². The first-order valence-electron chi connectivity index (χ1n) is 6.23. The second kappa shape index (κ2) is 4.55. The number of nitrogens with zero attached hydrogens (tertiary/aromatic N) is 3. The van der Waals surface area contributed by atoms with E-state index in [2.05, 4.69) is 15.2 Å². The van der Waals surface area contributed by atoms with E-state index in [0.717, 1.165) is 51.5 Å². The quantitative estimate of drug-likeness (QED) is 0.699. The summed E-state index contributed by atoms with van der Waals surface area (Å²) in [7, 11) is 0. The van der Waals surface area contributed by atoms with Crippen molar-refractivity contribution in [2.45, 2.75) is 25.7 Å². The van der Waals surface area contributed by atoms with Gasteiger partial charge in [0, 0.05) is 13.1 Å². The molecular weight excluding hydrogens is 202 g/mol. The Morgan fingerprint density at radius 3 is 2.56 bits per heavy atom. The lowest BCUT2D eigenvalue weighted by Crippen LogP contribution is -2.40. The van der Waals surface area contributed by atoms with E-state index < -0.39 is 0 Å². The van der Waals surface area contributed by atoms with E-state index in [1.54, 1.807) is 0 Å². The fraction of sp³-hybridized carbons (Fsp3) is 0.750. The highest BCUT2D eigenvalue weighted by Gasteiger charge is 2.23. The number of ether oxygens (including phenoxy) is 1. The average Bonchev–Trinajstić information content (AvgIpc) is 2.72. The first-order chi connectivity index (χ1) is 7.92. The fourth-order valence-electron chi connectivity index (χ4n) is 2.48. The molecule has 2 heterocycles. The Bertz CT molecular complexity index is 329. The standard InChI is InChI=1S/C12H18N3O/c1-2-4-11-10(3-1)13-12(14-11)9-15-5-7-16-8-6-15/h1-9H2. The van der Waals surface area contributed by atoms with Crippen molar-refractivity contribution < 1.29 is 4.74 Å². The zero-order valence-electron chi connectivity index (χ0n) is 9.61. The number of morpholine rings is 1. The van der Waals surface area contributed by atoms with Crippen molar-refractivity contribution in [2.75, 3.05) is 32.8 Å². The van der Waals surface area contributed by atoms with Gasteiger partial charge in [0.2, 0.25) is 0 Å². The summed E-state index contributed by atoms with van der Waals surface area (Å²) in [6, 6.07) is 0. The normalized spacial score (nSPS) is 26.4. The van der Waals surface area contributed by atoms with Crippen LogP contribution in [-0.4, -0.2) is 43.6 Å². The van der Waals surface area contributed by atoms with Crippen LogP contribution in [0.15, 0.2) is 16.4 Å². The molecule has 3 aliphatic rings. The fourth-order valence-corrected chi connectivity index (χ4v) is 2.48. The molecule has 1 saturated heterocycles. The molecule has 0 N–H and O–H groups in total. The Hall–Kier alpha value is -0.870. The molecule has 0 bridgehead atoms. The highest BCUT2D eigenvalue weighted by molar-refractivity contribution is 5.88. The first kappa shape index (κ1) is 10.3. The predicted octanol–water partition coefficient (Wildman–Crippen LogP) is 1.12. The highest BCUT2D eigenvalue weighted by Crippen LogP contribution is 2.28. The van der Waals surface area contributed by atoms with Crippen LogP contribution >= 0.6 is 0 Å². The molecule has 3 rings (SSSR count). The largest absolute Gasteiger partial charge is 0.379 e. The van der Waals surface area contributed by atoms with Crippen molar-refractivity contribution in [3.8, 4) is 0 Å². The van der Waals surface area contributed by atoms with Gasteiger partial charge in [-0.15, -0.1) is 0 Å². The first-order valence-corrected chi connectivity index (χ1v) is 6.23.